The third-order valence-electron chi connectivity index (χ3n) is 8.44. The predicted molar refractivity (Wildman–Crippen MR) is 179 cm³/mol. The normalized spacial score (nSPS) is 17.7. The summed E-state index contributed by atoms with van der Waals surface area (Å²) >= 11 is 0. The minimum Gasteiger partial charge on any atom is -0.472 e. The van der Waals surface area contributed by atoms with Gasteiger partial charge in [0.2, 0.25) is 17.7 Å². The molecule has 3 heterocycles. The van der Waals surface area contributed by atoms with Crippen molar-refractivity contribution in [3.05, 3.63) is 114 Å². The molecule has 10 heteroatoms. The number of anilines is 1. The van der Waals surface area contributed by atoms with Crippen LogP contribution in [0.4, 0.5) is 5.95 Å². The van der Waals surface area contributed by atoms with Crippen molar-refractivity contribution < 1.29 is 14.3 Å². The molecule has 0 saturated carbocycles. The molecule has 1 saturated heterocycles. The monoisotopic (exact) mass is 629 g/mol. The van der Waals surface area contributed by atoms with Gasteiger partial charge < -0.3 is 9.47 Å². The molecule has 1 N–H and O–H groups in total. The van der Waals surface area contributed by atoms with Gasteiger partial charge in [0.25, 0.3) is 0 Å². The Kier molecular flexibility index (Phi) is 9.29. The largest absolute Gasteiger partial charge is 0.472 e. The Morgan fingerprint density at radius 2 is 1.53 bits per heavy atom. The van der Waals surface area contributed by atoms with Gasteiger partial charge >= 0.3 is 0 Å². The van der Waals surface area contributed by atoms with E-state index in [0.717, 1.165) is 16.7 Å². The van der Waals surface area contributed by atoms with E-state index in [9.17, 15) is 10.1 Å². The highest BCUT2D eigenvalue weighted by Crippen LogP contribution is 2.45. The van der Waals surface area contributed by atoms with E-state index in [1.54, 1.807) is 27.1 Å². The summed E-state index contributed by atoms with van der Waals surface area (Å²) in [5.41, 5.74) is 3.67. The molecular formula is C37H39N7O3. The third kappa shape index (κ3) is 6.32. The molecule has 0 spiro atoms. The lowest BCUT2D eigenvalue weighted by Gasteiger charge is -2.50. The highest BCUT2D eigenvalue weighted by Gasteiger charge is 2.46. The predicted octanol–water partition coefficient (Wildman–Crippen LogP) is 6.31. The minimum absolute atomic E-state index is 0.102. The molecule has 1 amide bonds. The van der Waals surface area contributed by atoms with Crippen LogP contribution in [0.5, 0.6) is 5.88 Å². The number of imidazole rings is 1. The highest BCUT2D eigenvalue weighted by molar-refractivity contribution is 5.91. The fraction of sp³-hybridized carbons (Fsp3) is 0.324. The van der Waals surface area contributed by atoms with Gasteiger partial charge in [-0.2, -0.15) is 15.2 Å². The standard InChI is InChI=1S/C37H39N7O3/c1-25(2)34(45)41-36-40-33-32(35(42-36)47-26(3)20-21-38)39-24-44(33)31-23-43(22-27(4)46-31)37(28-14-8-5-9-15-28,29-16-10-6-11-17-29)30-18-12-7-13-19-30/h5-19,24-27,31H,20,22-23H2,1-4H3,(H,40,41,42,45)/t26-,27+,31-/m1/s1. The number of nitrogens with one attached hydrogen (secondary N) is 1. The van der Waals surface area contributed by atoms with Crippen molar-refractivity contribution in [2.45, 2.75) is 58.1 Å². The molecule has 3 aromatic carbocycles. The van der Waals surface area contributed by atoms with E-state index in [4.69, 9.17) is 14.5 Å². The van der Waals surface area contributed by atoms with Crippen LogP contribution in [0.3, 0.4) is 0 Å². The zero-order valence-corrected chi connectivity index (χ0v) is 27.1. The third-order valence-corrected chi connectivity index (χ3v) is 8.44. The quantitative estimate of drug-likeness (QED) is 0.179. The Hall–Kier alpha value is -5.11. The molecule has 0 radical (unpaired) electrons. The second-order valence-electron chi connectivity index (χ2n) is 12.2. The zero-order valence-electron chi connectivity index (χ0n) is 27.1. The fourth-order valence-corrected chi connectivity index (χ4v) is 6.30. The van der Waals surface area contributed by atoms with Crippen LogP contribution in [0.15, 0.2) is 97.3 Å². The van der Waals surface area contributed by atoms with Crippen LogP contribution in [-0.4, -0.2) is 55.6 Å². The molecule has 1 fully saturated rings. The molecule has 10 nitrogen and oxygen atoms in total. The van der Waals surface area contributed by atoms with Crippen molar-refractivity contribution in [3.63, 3.8) is 0 Å². The Morgan fingerprint density at radius 3 is 2.06 bits per heavy atom. The summed E-state index contributed by atoms with van der Waals surface area (Å²) in [5, 5.41) is 12.0. The van der Waals surface area contributed by atoms with Crippen LogP contribution in [0.25, 0.3) is 11.2 Å². The van der Waals surface area contributed by atoms with Crippen LogP contribution in [0, 0.1) is 17.2 Å². The van der Waals surface area contributed by atoms with Crippen LogP contribution in [0.2, 0.25) is 0 Å². The van der Waals surface area contributed by atoms with E-state index in [-0.39, 0.29) is 36.2 Å². The number of hydrogen-bond donors (Lipinski definition) is 1. The van der Waals surface area contributed by atoms with Gasteiger partial charge in [-0.3, -0.25) is 19.6 Å². The Labute approximate surface area is 275 Å². The van der Waals surface area contributed by atoms with Crippen molar-refractivity contribution in [1.29, 1.82) is 5.26 Å². The number of morpholine rings is 1. The van der Waals surface area contributed by atoms with E-state index < -0.39 is 17.9 Å². The first-order valence-electron chi connectivity index (χ1n) is 16.0. The molecule has 1 aliphatic rings. The zero-order chi connectivity index (χ0) is 33.0. The molecule has 240 valence electrons. The van der Waals surface area contributed by atoms with Gasteiger partial charge in [-0.15, -0.1) is 0 Å². The lowest BCUT2D eigenvalue weighted by atomic mass is 9.75. The molecule has 0 aliphatic carbocycles. The first kappa shape index (κ1) is 31.9. The number of carbonyl (C=O) groups excluding carboxylic acids is 1. The van der Waals surface area contributed by atoms with E-state index in [0.29, 0.717) is 24.3 Å². The van der Waals surface area contributed by atoms with Crippen molar-refractivity contribution >= 4 is 23.0 Å². The average molecular weight is 630 g/mol. The van der Waals surface area contributed by atoms with E-state index in [1.807, 2.05) is 22.8 Å². The number of ether oxygens (including phenoxy) is 2. The summed E-state index contributed by atoms with van der Waals surface area (Å²) in [6.45, 7) is 8.62. The number of carbonyl (C=O) groups is 1. The summed E-state index contributed by atoms with van der Waals surface area (Å²) in [4.78, 5) is 29.1. The number of nitrogens with zero attached hydrogens (tertiary/aromatic N) is 6. The van der Waals surface area contributed by atoms with Crippen LogP contribution >= 0.6 is 0 Å². The Morgan fingerprint density at radius 1 is 0.957 bits per heavy atom. The molecule has 0 unspecified atom stereocenters. The second-order valence-corrected chi connectivity index (χ2v) is 12.2. The lowest BCUT2D eigenvalue weighted by molar-refractivity contribution is -0.128. The SMILES string of the molecule is CC(C)C(=O)Nc1nc(O[C@H](C)CC#N)c2ncn([C@H]3CN(C(c4ccccc4)(c4ccccc4)c4ccccc4)C[C@H](C)O3)c2n1. The number of hydrogen-bond acceptors (Lipinski definition) is 8. The maximum absolute atomic E-state index is 12.7. The summed E-state index contributed by atoms with van der Waals surface area (Å²) in [6.07, 6.45) is 0.757. The molecule has 47 heavy (non-hydrogen) atoms. The number of rotatable bonds is 10. The van der Waals surface area contributed by atoms with E-state index in [1.165, 1.54) is 0 Å². The smallest absolute Gasteiger partial charge is 0.247 e. The molecule has 0 bridgehead atoms. The fourth-order valence-electron chi connectivity index (χ4n) is 6.30. The van der Waals surface area contributed by atoms with E-state index in [2.05, 4.69) is 106 Å². The number of aromatic nitrogens is 4. The second kappa shape index (κ2) is 13.7. The van der Waals surface area contributed by atoms with Gasteiger partial charge in [0, 0.05) is 19.0 Å². The van der Waals surface area contributed by atoms with Crippen LogP contribution in [0.1, 0.15) is 57.0 Å². The van der Waals surface area contributed by atoms with Gasteiger partial charge in [-0.1, -0.05) is 105 Å². The number of fused-ring (bicyclic) bond motifs is 1. The molecule has 2 aromatic heterocycles. The van der Waals surface area contributed by atoms with Crippen LogP contribution in [-0.2, 0) is 15.1 Å². The first-order chi connectivity index (χ1) is 22.8. The maximum Gasteiger partial charge on any atom is 0.247 e. The lowest BCUT2D eigenvalue weighted by Crippen LogP contribution is -2.56. The molecule has 1 aliphatic heterocycles. The number of amides is 1. The van der Waals surface area contributed by atoms with Crippen molar-refractivity contribution in [2.75, 3.05) is 18.4 Å². The number of benzene rings is 3. The van der Waals surface area contributed by atoms with Gasteiger partial charge in [0.1, 0.15) is 12.3 Å². The molecule has 5 aromatic rings. The molecule has 3 atom stereocenters. The van der Waals surface area contributed by atoms with Gasteiger partial charge in [-0.25, -0.2) is 4.98 Å². The Bertz CT molecular complexity index is 1760. The maximum atomic E-state index is 12.7. The summed E-state index contributed by atoms with van der Waals surface area (Å²) in [6, 6.07) is 33.9. The average Bonchev–Trinajstić information content (AvgIpc) is 3.51. The Balaban J connectivity index is 1.49. The number of nitriles is 1. The first-order valence-corrected chi connectivity index (χ1v) is 16.0. The topological polar surface area (TPSA) is 118 Å². The van der Waals surface area contributed by atoms with Crippen molar-refractivity contribution in [1.82, 2.24) is 24.4 Å². The highest BCUT2D eigenvalue weighted by atomic mass is 16.5. The van der Waals surface area contributed by atoms with Gasteiger partial charge in [0.15, 0.2) is 11.2 Å². The minimum atomic E-state index is -0.636. The van der Waals surface area contributed by atoms with Crippen LogP contribution < -0.4 is 10.1 Å². The van der Waals surface area contributed by atoms with Gasteiger partial charge in [0.05, 0.1) is 30.5 Å². The summed E-state index contributed by atoms with van der Waals surface area (Å²) in [5.74, 6) is -0.203. The van der Waals surface area contributed by atoms with E-state index >= 15 is 0 Å². The molecule has 6 rings (SSSR count). The van der Waals surface area contributed by atoms with Crippen molar-refractivity contribution in [2.24, 2.45) is 5.92 Å². The molecular weight excluding hydrogens is 590 g/mol. The summed E-state index contributed by atoms with van der Waals surface area (Å²) < 4.78 is 14.6. The van der Waals surface area contributed by atoms with Gasteiger partial charge in [-0.05, 0) is 30.5 Å². The van der Waals surface area contributed by atoms with Crippen molar-refractivity contribution in [3.8, 4) is 11.9 Å². The summed E-state index contributed by atoms with van der Waals surface area (Å²) in [7, 11) is 0.